The highest BCUT2D eigenvalue weighted by Gasteiger charge is 2.25. The van der Waals surface area contributed by atoms with Crippen molar-refractivity contribution < 1.29 is 9.63 Å². The van der Waals surface area contributed by atoms with Gasteiger partial charge in [0.1, 0.15) is 0 Å². The SMILES string of the molecule is OC[C@@H]1CCCN1Cc1noc(-c2ccsc2)n1. The van der Waals surface area contributed by atoms with E-state index < -0.39 is 0 Å². The largest absolute Gasteiger partial charge is 0.395 e. The van der Waals surface area contributed by atoms with Gasteiger partial charge in [-0.1, -0.05) is 5.16 Å². The summed E-state index contributed by atoms with van der Waals surface area (Å²) in [5.74, 6) is 1.27. The number of rotatable bonds is 4. The van der Waals surface area contributed by atoms with E-state index in [9.17, 15) is 5.11 Å². The van der Waals surface area contributed by atoms with Gasteiger partial charge in [-0.05, 0) is 30.8 Å². The fourth-order valence-corrected chi connectivity index (χ4v) is 2.94. The van der Waals surface area contributed by atoms with Crippen LogP contribution in [0, 0.1) is 0 Å². The Balaban J connectivity index is 1.70. The smallest absolute Gasteiger partial charge is 0.258 e. The number of nitrogens with zero attached hydrogens (tertiary/aromatic N) is 3. The topological polar surface area (TPSA) is 62.4 Å². The van der Waals surface area contributed by atoms with Crippen molar-refractivity contribution in [1.82, 2.24) is 15.0 Å². The monoisotopic (exact) mass is 265 g/mol. The molecule has 2 aromatic rings. The van der Waals surface area contributed by atoms with E-state index in [4.69, 9.17) is 4.52 Å². The predicted octanol–water partition coefficient (Wildman–Crippen LogP) is 1.75. The van der Waals surface area contributed by atoms with Crippen molar-refractivity contribution in [2.75, 3.05) is 13.2 Å². The molecule has 0 saturated carbocycles. The third-order valence-electron chi connectivity index (χ3n) is 3.29. The zero-order valence-corrected chi connectivity index (χ0v) is 10.8. The van der Waals surface area contributed by atoms with Gasteiger partial charge in [0.05, 0.1) is 18.7 Å². The number of likely N-dealkylation sites (tertiary alicyclic amines) is 1. The first-order valence-corrected chi connectivity index (χ1v) is 7.01. The molecule has 3 rings (SSSR count). The average Bonchev–Trinajstić information content (AvgIpc) is 3.10. The fourth-order valence-electron chi connectivity index (χ4n) is 2.31. The summed E-state index contributed by atoms with van der Waals surface area (Å²) < 4.78 is 5.24. The summed E-state index contributed by atoms with van der Waals surface area (Å²) >= 11 is 1.61. The summed E-state index contributed by atoms with van der Waals surface area (Å²) in [6, 6.07) is 2.21. The van der Waals surface area contributed by atoms with Crippen molar-refractivity contribution in [3.8, 4) is 11.5 Å². The Morgan fingerprint density at radius 2 is 2.50 bits per heavy atom. The van der Waals surface area contributed by atoms with E-state index in [2.05, 4.69) is 15.0 Å². The van der Waals surface area contributed by atoms with Gasteiger partial charge in [-0.15, -0.1) is 0 Å². The minimum Gasteiger partial charge on any atom is -0.395 e. The maximum atomic E-state index is 9.27. The fraction of sp³-hybridized carbons (Fsp3) is 0.500. The van der Waals surface area contributed by atoms with Crippen LogP contribution in [-0.2, 0) is 6.54 Å². The van der Waals surface area contributed by atoms with E-state index >= 15 is 0 Å². The Labute approximate surface area is 109 Å². The Kier molecular flexibility index (Phi) is 3.40. The lowest BCUT2D eigenvalue weighted by atomic mass is 10.2. The molecule has 0 spiro atoms. The molecule has 6 heteroatoms. The van der Waals surface area contributed by atoms with Crippen LogP contribution in [-0.4, -0.2) is 39.3 Å². The normalized spacial score (nSPS) is 20.6. The molecule has 0 aromatic carbocycles. The highest BCUT2D eigenvalue weighted by Crippen LogP contribution is 2.22. The highest BCUT2D eigenvalue weighted by atomic mass is 32.1. The summed E-state index contributed by atoms with van der Waals surface area (Å²) in [4.78, 5) is 6.60. The van der Waals surface area contributed by atoms with Gasteiger partial charge in [0.15, 0.2) is 5.82 Å². The van der Waals surface area contributed by atoms with Crippen molar-refractivity contribution in [3.63, 3.8) is 0 Å². The van der Waals surface area contributed by atoms with E-state index in [-0.39, 0.29) is 12.6 Å². The third-order valence-corrected chi connectivity index (χ3v) is 3.97. The van der Waals surface area contributed by atoms with Gasteiger partial charge < -0.3 is 9.63 Å². The lowest BCUT2D eigenvalue weighted by molar-refractivity contribution is 0.150. The standard InChI is InChI=1S/C12H15N3O2S/c16-7-10-2-1-4-15(10)6-11-13-12(17-14-11)9-3-5-18-8-9/h3,5,8,10,16H,1-2,4,6-7H2/t10-/m0/s1. The number of aromatic nitrogens is 2. The Morgan fingerprint density at radius 1 is 1.56 bits per heavy atom. The van der Waals surface area contributed by atoms with Crippen molar-refractivity contribution in [2.24, 2.45) is 0 Å². The molecular weight excluding hydrogens is 250 g/mol. The molecular formula is C12H15N3O2S. The summed E-state index contributed by atoms with van der Waals surface area (Å²) in [5.41, 5.74) is 0.971. The van der Waals surface area contributed by atoms with E-state index in [1.807, 2.05) is 16.8 Å². The molecule has 0 unspecified atom stereocenters. The van der Waals surface area contributed by atoms with Crippen molar-refractivity contribution in [2.45, 2.75) is 25.4 Å². The Hall–Kier alpha value is -1.24. The number of thiophene rings is 1. The quantitative estimate of drug-likeness (QED) is 0.912. The van der Waals surface area contributed by atoms with Gasteiger partial charge in [0, 0.05) is 11.4 Å². The lowest BCUT2D eigenvalue weighted by Crippen LogP contribution is -2.31. The second kappa shape index (κ2) is 5.17. The van der Waals surface area contributed by atoms with Gasteiger partial charge in [-0.25, -0.2) is 0 Å². The van der Waals surface area contributed by atoms with Gasteiger partial charge in [0.25, 0.3) is 5.89 Å². The van der Waals surface area contributed by atoms with E-state index in [1.165, 1.54) is 0 Å². The second-order valence-electron chi connectivity index (χ2n) is 4.48. The molecule has 0 radical (unpaired) electrons. The molecule has 2 aromatic heterocycles. The molecule has 0 aliphatic carbocycles. The zero-order chi connectivity index (χ0) is 12.4. The van der Waals surface area contributed by atoms with Crippen LogP contribution in [0.3, 0.4) is 0 Å². The first-order valence-electron chi connectivity index (χ1n) is 6.07. The van der Waals surface area contributed by atoms with Gasteiger partial charge in [-0.3, -0.25) is 4.90 Å². The van der Waals surface area contributed by atoms with E-state index in [0.717, 1.165) is 24.9 Å². The van der Waals surface area contributed by atoms with Crippen LogP contribution >= 0.6 is 11.3 Å². The molecule has 18 heavy (non-hydrogen) atoms. The van der Waals surface area contributed by atoms with Crippen molar-refractivity contribution >= 4 is 11.3 Å². The summed E-state index contributed by atoms with van der Waals surface area (Å²) in [6.07, 6.45) is 2.17. The highest BCUT2D eigenvalue weighted by molar-refractivity contribution is 7.08. The summed E-state index contributed by atoms with van der Waals surface area (Å²) in [6.45, 7) is 1.85. The van der Waals surface area contributed by atoms with E-state index in [1.54, 1.807) is 11.3 Å². The first kappa shape index (κ1) is 11.8. The molecule has 0 bridgehead atoms. The number of aliphatic hydroxyl groups is 1. The molecule has 1 N–H and O–H groups in total. The Morgan fingerprint density at radius 3 is 3.28 bits per heavy atom. The summed E-state index contributed by atoms with van der Waals surface area (Å²) in [5, 5.41) is 17.2. The minimum absolute atomic E-state index is 0.204. The molecule has 3 heterocycles. The molecule has 96 valence electrons. The predicted molar refractivity (Wildman–Crippen MR) is 68.1 cm³/mol. The van der Waals surface area contributed by atoms with Crippen LogP contribution in [0.15, 0.2) is 21.3 Å². The Bertz CT molecular complexity index is 497. The average molecular weight is 265 g/mol. The van der Waals surface area contributed by atoms with Crippen LogP contribution < -0.4 is 0 Å². The van der Waals surface area contributed by atoms with Crippen molar-refractivity contribution in [1.29, 1.82) is 0 Å². The minimum atomic E-state index is 0.204. The second-order valence-corrected chi connectivity index (χ2v) is 5.26. The van der Waals surface area contributed by atoms with Crippen LogP contribution in [0.25, 0.3) is 11.5 Å². The van der Waals surface area contributed by atoms with Gasteiger partial charge >= 0.3 is 0 Å². The maximum absolute atomic E-state index is 9.27. The van der Waals surface area contributed by atoms with Crippen LogP contribution in [0.4, 0.5) is 0 Å². The van der Waals surface area contributed by atoms with E-state index in [0.29, 0.717) is 18.3 Å². The maximum Gasteiger partial charge on any atom is 0.258 e. The number of aliphatic hydroxyl groups excluding tert-OH is 1. The molecule has 1 atom stereocenters. The van der Waals surface area contributed by atoms with Crippen LogP contribution in [0.5, 0.6) is 0 Å². The molecule has 1 aliphatic heterocycles. The number of hydrogen-bond donors (Lipinski definition) is 1. The molecule has 1 aliphatic rings. The zero-order valence-electron chi connectivity index (χ0n) is 9.95. The van der Waals surface area contributed by atoms with Crippen LogP contribution in [0.2, 0.25) is 0 Å². The molecule has 0 amide bonds. The van der Waals surface area contributed by atoms with Crippen molar-refractivity contribution in [3.05, 3.63) is 22.7 Å². The molecule has 1 fully saturated rings. The van der Waals surface area contributed by atoms with Crippen LogP contribution in [0.1, 0.15) is 18.7 Å². The lowest BCUT2D eigenvalue weighted by Gasteiger charge is -2.20. The number of hydrogen-bond acceptors (Lipinski definition) is 6. The third kappa shape index (κ3) is 2.31. The van der Waals surface area contributed by atoms with Gasteiger partial charge in [-0.2, -0.15) is 16.3 Å². The summed E-state index contributed by atoms with van der Waals surface area (Å²) in [7, 11) is 0. The molecule has 5 nitrogen and oxygen atoms in total. The van der Waals surface area contributed by atoms with Gasteiger partial charge in [0.2, 0.25) is 0 Å². The first-order chi connectivity index (χ1) is 8.86. The molecule has 1 saturated heterocycles.